The van der Waals surface area contributed by atoms with Crippen LogP contribution >= 0.6 is 0 Å². The Hall–Kier alpha value is -4.00. The number of aromatic nitrogens is 1. The Labute approximate surface area is 216 Å². The molecular weight excluding hydrogens is 466 g/mol. The monoisotopic (exact) mass is 497 g/mol. The van der Waals surface area contributed by atoms with Crippen LogP contribution in [0.15, 0.2) is 65.8 Å². The Balaban J connectivity index is 1.61. The van der Waals surface area contributed by atoms with Gasteiger partial charge in [-0.05, 0) is 63.6 Å². The van der Waals surface area contributed by atoms with Gasteiger partial charge in [-0.3, -0.25) is 14.7 Å². The Morgan fingerprint density at radius 3 is 2.19 bits per heavy atom. The Kier molecular flexibility index (Phi) is 6.10. The molecule has 7 nitrogen and oxygen atoms in total. The van der Waals surface area contributed by atoms with Crippen molar-refractivity contribution in [1.29, 1.82) is 0 Å². The molecule has 1 saturated carbocycles. The molecule has 2 N–H and O–H groups in total. The number of ketones is 1. The molecule has 0 radical (unpaired) electrons. The molecule has 0 spiro atoms. The number of rotatable bonds is 4. The van der Waals surface area contributed by atoms with E-state index in [9.17, 15) is 19.9 Å². The number of nitrogens with zero attached hydrogens (tertiary/aromatic N) is 3. The zero-order valence-electron chi connectivity index (χ0n) is 21.4. The number of hydrogen-bond donors (Lipinski definition) is 2. The number of fused-ring (bicyclic) bond motifs is 1. The molecule has 0 saturated heterocycles. The third-order valence-corrected chi connectivity index (χ3v) is 7.58. The molecule has 0 bridgehead atoms. The number of hydrogen-bond acceptors (Lipinski definition) is 5. The van der Waals surface area contributed by atoms with Crippen LogP contribution in [-0.4, -0.2) is 43.3 Å². The first-order valence-corrected chi connectivity index (χ1v) is 12.6. The second kappa shape index (κ2) is 9.14. The van der Waals surface area contributed by atoms with Gasteiger partial charge >= 0.3 is 6.09 Å². The number of carbonyl (C=O) groups is 2. The molecule has 37 heavy (non-hydrogen) atoms. The lowest BCUT2D eigenvalue weighted by Gasteiger charge is -2.54. The average molecular weight is 498 g/mol. The van der Waals surface area contributed by atoms with Crippen molar-refractivity contribution in [3.8, 4) is 22.4 Å². The molecule has 190 valence electrons. The van der Waals surface area contributed by atoms with Gasteiger partial charge in [0, 0.05) is 28.7 Å². The zero-order valence-corrected chi connectivity index (χ0v) is 21.4. The molecule has 1 amide bonds. The van der Waals surface area contributed by atoms with Crippen LogP contribution in [0.3, 0.4) is 0 Å². The minimum atomic E-state index is -0.908. The highest BCUT2D eigenvalue weighted by molar-refractivity contribution is 6.47. The summed E-state index contributed by atoms with van der Waals surface area (Å²) < 4.78 is 0. The van der Waals surface area contributed by atoms with Crippen LogP contribution in [0.5, 0.6) is 0 Å². The first-order valence-electron chi connectivity index (χ1n) is 12.6. The summed E-state index contributed by atoms with van der Waals surface area (Å²) in [6.07, 6.45) is 2.52. The summed E-state index contributed by atoms with van der Waals surface area (Å²) in [4.78, 5) is 31.8. The highest BCUT2D eigenvalue weighted by Gasteiger charge is 2.50. The van der Waals surface area contributed by atoms with Crippen LogP contribution in [0, 0.1) is 0 Å². The third-order valence-electron chi connectivity index (χ3n) is 7.58. The molecule has 0 unspecified atom stereocenters. The minimum absolute atomic E-state index is 0.151. The van der Waals surface area contributed by atoms with Gasteiger partial charge in [0.15, 0.2) is 0 Å². The summed E-state index contributed by atoms with van der Waals surface area (Å²) in [5, 5.41) is 22.5. The fourth-order valence-electron chi connectivity index (χ4n) is 5.80. The molecule has 0 aliphatic heterocycles. The van der Waals surface area contributed by atoms with Crippen LogP contribution in [0.2, 0.25) is 0 Å². The van der Waals surface area contributed by atoms with E-state index in [0.29, 0.717) is 24.1 Å². The van der Waals surface area contributed by atoms with E-state index in [0.717, 1.165) is 47.2 Å². The van der Waals surface area contributed by atoms with Crippen molar-refractivity contribution in [3.63, 3.8) is 0 Å². The maximum absolute atomic E-state index is 12.9. The first kappa shape index (κ1) is 24.7. The second-order valence-corrected chi connectivity index (χ2v) is 10.9. The summed E-state index contributed by atoms with van der Waals surface area (Å²) >= 11 is 0. The molecule has 0 atom stereocenters. The summed E-state index contributed by atoms with van der Waals surface area (Å²) in [7, 11) is 0. The Bertz CT molecular complexity index is 1380. The van der Waals surface area contributed by atoms with E-state index in [1.807, 2.05) is 81.4 Å². The highest BCUT2D eigenvalue weighted by Crippen LogP contribution is 2.49. The molecule has 2 aromatic carbocycles. The predicted molar refractivity (Wildman–Crippen MR) is 142 cm³/mol. The largest absolute Gasteiger partial charge is 0.465 e. The van der Waals surface area contributed by atoms with Crippen LogP contribution in [-0.2, 0) is 12.0 Å². The standard InChI is InChI=1S/C30H31N3O4/c1-29(2,3)33(28(35)36)30(16-7-17-30)21-12-10-20(11-13-21)26-22(19-8-5-4-6-9-19)18-23-24(31-26)14-15-25(32-37)27(23)34/h4-6,8-13,18,37H,7,14-17H2,1-3H3,(H,35,36). The fraction of sp³-hybridized carbons (Fsp3) is 0.333. The smallest absolute Gasteiger partial charge is 0.408 e. The minimum Gasteiger partial charge on any atom is -0.465 e. The van der Waals surface area contributed by atoms with Crippen molar-refractivity contribution in [2.75, 3.05) is 0 Å². The van der Waals surface area contributed by atoms with Crippen molar-refractivity contribution in [3.05, 3.63) is 77.5 Å². The number of carbonyl (C=O) groups excluding carboxylic acids is 1. The Morgan fingerprint density at radius 1 is 0.973 bits per heavy atom. The average Bonchev–Trinajstić information content (AvgIpc) is 2.85. The van der Waals surface area contributed by atoms with Gasteiger partial charge in [0.25, 0.3) is 0 Å². The molecule has 3 aromatic rings. The van der Waals surface area contributed by atoms with Gasteiger partial charge in [-0.1, -0.05) is 59.8 Å². The quantitative estimate of drug-likeness (QED) is 0.315. The van der Waals surface area contributed by atoms with Crippen molar-refractivity contribution < 1.29 is 19.9 Å². The van der Waals surface area contributed by atoms with E-state index in [4.69, 9.17) is 4.98 Å². The summed E-state index contributed by atoms with van der Waals surface area (Å²) in [6, 6.07) is 19.7. The molecule has 7 heteroatoms. The van der Waals surface area contributed by atoms with Crippen LogP contribution in [0.25, 0.3) is 22.4 Å². The van der Waals surface area contributed by atoms with Gasteiger partial charge in [0.1, 0.15) is 5.71 Å². The molecule has 5 rings (SSSR count). The van der Waals surface area contributed by atoms with Gasteiger partial charge in [-0.2, -0.15) is 0 Å². The lowest BCUT2D eigenvalue weighted by molar-refractivity contribution is -0.0328. The molecule has 1 heterocycles. The zero-order chi connectivity index (χ0) is 26.4. The lowest BCUT2D eigenvalue weighted by atomic mass is 9.69. The van der Waals surface area contributed by atoms with E-state index in [1.165, 1.54) is 0 Å². The van der Waals surface area contributed by atoms with E-state index < -0.39 is 17.2 Å². The van der Waals surface area contributed by atoms with Gasteiger partial charge < -0.3 is 10.3 Å². The molecular formula is C30H31N3O4. The summed E-state index contributed by atoms with van der Waals surface area (Å²) in [5.74, 6) is -0.293. The number of pyridine rings is 1. The van der Waals surface area contributed by atoms with E-state index in [1.54, 1.807) is 4.90 Å². The maximum Gasteiger partial charge on any atom is 0.408 e. The molecule has 1 aromatic heterocycles. The lowest BCUT2D eigenvalue weighted by Crippen LogP contribution is -2.60. The molecule has 2 aliphatic rings. The van der Waals surface area contributed by atoms with E-state index in [-0.39, 0.29) is 11.5 Å². The number of oxime groups is 1. The topological polar surface area (TPSA) is 103 Å². The highest BCUT2D eigenvalue weighted by atomic mass is 16.4. The number of amides is 1. The van der Waals surface area contributed by atoms with Crippen molar-refractivity contribution >= 4 is 17.6 Å². The van der Waals surface area contributed by atoms with Crippen LogP contribution in [0.1, 0.15) is 68.1 Å². The number of benzene rings is 2. The predicted octanol–water partition coefficient (Wildman–Crippen LogP) is 6.53. The molecule has 1 fully saturated rings. The van der Waals surface area contributed by atoms with Gasteiger partial charge in [0.05, 0.1) is 16.9 Å². The van der Waals surface area contributed by atoms with Crippen LogP contribution in [0.4, 0.5) is 4.79 Å². The Morgan fingerprint density at radius 2 is 1.65 bits per heavy atom. The van der Waals surface area contributed by atoms with E-state index in [2.05, 4.69) is 5.16 Å². The number of Topliss-reactive ketones (excluding diaryl/α,β-unsaturated/α-hetero) is 1. The summed E-state index contributed by atoms with van der Waals surface area (Å²) in [5.41, 5.74) is 4.63. The number of carboxylic acid groups (broad SMARTS) is 1. The second-order valence-electron chi connectivity index (χ2n) is 10.9. The molecule has 2 aliphatic carbocycles. The first-order chi connectivity index (χ1) is 17.7. The van der Waals surface area contributed by atoms with Crippen molar-refractivity contribution in [2.24, 2.45) is 5.16 Å². The maximum atomic E-state index is 12.9. The van der Waals surface area contributed by atoms with Gasteiger partial charge in [-0.25, -0.2) is 4.79 Å². The van der Waals surface area contributed by atoms with Crippen molar-refractivity contribution in [2.45, 2.75) is 64.0 Å². The fourth-order valence-corrected chi connectivity index (χ4v) is 5.80. The normalized spacial score (nSPS) is 17.7. The van der Waals surface area contributed by atoms with Crippen LogP contribution < -0.4 is 0 Å². The van der Waals surface area contributed by atoms with Gasteiger partial charge in [-0.15, -0.1) is 0 Å². The number of aryl methyl sites for hydroxylation is 1. The van der Waals surface area contributed by atoms with E-state index >= 15 is 0 Å². The third kappa shape index (κ3) is 4.18. The van der Waals surface area contributed by atoms with Gasteiger partial charge in [0.2, 0.25) is 5.78 Å². The van der Waals surface area contributed by atoms with Crippen molar-refractivity contribution in [1.82, 2.24) is 9.88 Å². The SMILES string of the molecule is CC(C)(C)N(C(=O)O)C1(c2ccc(-c3nc4c(cc3-c3ccccc3)C(=O)C(=NO)CC4)cc2)CCC1. The summed E-state index contributed by atoms with van der Waals surface area (Å²) in [6.45, 7) is 5.81.